The van der Waals surface area contributed by atoms with E-state index in [1.807, 2.05) is 0 Å². The molecule has 1 amide bonds. The van der Waals surface area contributed by atoms with Crippen LogP contribution in [0.15, 0.2) is 55.4 Å². The molecule has 11 heteroatoms. The Hall–Kier alpha value is -3.63. The number of anilines is 1. The van der Waals surface area contributed by atoms with Gasteiger partial charge in [0.1, 0.15) is 17.3 Å². The van der Waals surface area contributed by atoms with Gasteiger partial charge in [0, 0.05) is 51.8 Å². The van der Waals surface area contributed by atoms with Crippen LogP contribution in [-0.2, 0) is 13.6 Å². The SMILES string of the molecule is Cn1cnc(C(=O)N(Cc2cccc(OC(F)(F)F)c2)CC2C3CN(c4cnccn4)CC23)c1. The summed E-state index contributed by atoms with van der Waals surface area (Å²) in [5, 5.41) is 0. The third-order valence-corrected chi connectivity index (χ3v) is 6.39. The van der Waals surface area contributed by atoms with E-state index in [0.29, 0.717) is 35.6 Å². The Labute approximate surface area is 194 Å². The second kappa shape index (κ2) is 8.62. The van der Waals surface area contributed by atoms with Crippen molar-refractivity contribution in [2.75, 3.05) is 24.5 Å². The summed E-state index contributed by atoms with van der Waals surface area (Å²) in [5.74, 6) is 1.46. The van der Waals surface area contributed by atoms with Crippen LogP contribution in [0.5, 0.6) is 5.75 Å². The molecule has 3 heterocycles. The van der Waals surface area contributed by atoms with E-state index in [9.17, 15) is 18.0 Å². The Morgan fingerprint density at radius 1 is 1.21 bits per heavy atom. The van der Waals surface area contributed by atoms with Gasteiger partial charge in [0.15, 0.2) is 0 Å². The summed E-state index contributed by atoms with van der Waals surface area (Å²) in [5.41, 5.74) is 0.857. The number of piperidine rings is 1. The van der Waals surface area contributed by atoms with E-state index in [-0.39, 0.29) is 18.2 Å². The first-order valence-corrected chi connectivity index (χ1v) is 10.9. The van der Waals surface area contributed by atoms with Crippen LogP contribution in [0.3, 0.4) is 0 Å². The predicted octanol–water partition coefficient (Wildman–Crippen LogP) is 3.13. The molecular formula is C23H23F3N6O2. The first-order chi connectivity index (χ1) is 16.3. The number of nitrogens with zero attached hydrogens (tertiary/aromatic N) is 6. The number of alkyl halides is 3. The van der Waals surface area contributed by atoms with Crippen molar-refractivity contribution in [2.24, 2.45) is 24.8 Å². The molecule has 2 fully saturated rings. The van der Waals surface area contributed by atoms with Gasteiger partial charge in [0.2, 0.25) is 0 Å². The lowest BCUT2D eigenvalue weighted by Gasteiger charge is -2.25. The Bertz CT molecular complexity index is 1160. The van der Waals surface area contributed by atoms with Crippen LogP contribution in [-0.4, -0.2) is 56.3 Å². The molecule has 2 unspecified atom stereocenters. The molecule has 1 saturated heterocycles. The number of fused-ring (bicyclic) bond motifs is 1. The number of halogens is 3. The highest BCUT2D eigenvalue weighted by Gasteiger charge is 2.56. The maximum Gasteiger partial charge on any atom is 0.573 e. The molecule has 3 aromatic rings. The largest absolute Gasteiger partial charge is 0.573 e. The number of benzene rings is 1. The fourth-order valence-corrected chi connectivity index (χ4v) is 4.78. The molecule has 0 radical (unpaired) electrons. The molecule has 0 N–H and O–H groups in total. The number of amides is 1. The Kier molecular flexibility index (Phi) is 5.62. The number of hydrogen-bond acceptors (Lipinski definition) is 6. The zero-order chi connectivity index (χ0) is 23.9. The van der Waals surface area contributed by atoms with Gasteiger partial charge in [-0.15, -0.1) is 13.2 Å². The molecule has 0 spiro atoms. The van der Waals surface area contributed by atoms with Gasteiger partial charge >= 0.3 is 6.36 Å². The van der Waals surface area contributed by atoms with Crippen LogP contribution in [0.4, 0.5) is 19.0 Å². The van der Waals surface area contributed by atoms with E-state index in [2.05, 4.69) is 24.6 Å². The van der Waals surface area contributed by atoms with Crippen molar-refractivity contribution in [3.63, 3.8) is 0 Å². The summed E-state index contributed by atoms with van der Waals surface area (Å²) in [6.45, 7) is 2.35. The highest BCUT2D eigenvalue weighted by atomic mass is 19.4. The molecule has 1 aliphatic heterocycles. The summed E-state index contributed by atoms with van der Waals surface area (Å²) in [6, 6.07) is 5.74. The third kappa shape index (κ3) is 4.82. The molecular weight excluding hydrogens is 449 g/mol. The topological polar surface area (TPSA) is 76.4 Å². The van der Waals surface area contributed by atoms with Crippen LogP contribution in [0.2, 0.25) is 0 Å². The molecule has 1 saturated carbocycles. The van der Waals surface area contributed by atoms with E-state index < -0.39 is 6.36 Å². The quantitative estimate of drug-likeness (QED) is 0.526. The van der Waals surface area contributed by atoms with Crippen molar-refractivity contribution in [3.05, 3.63) is 66.6 Å². The van der Waals surface area contributed by atoms with Gasteiger partial charge in [-0.2, -0.15) is 0 Å². The molecule has 34 heavy (non-hydrogen) atoms. The number of rotatable bonds is 7. The molecule has 2 atom stereocenters. The monoisotopic (exact) mass is 472 g/mol. The van der Waals surface area contributed by atoms with E-state index in [4.69, 9.17) is 0 Å². The lowest BCUT2D eigenvalue weighted by molar-refractivity contribution is -0.274. The number of aromatic nitrogens is 4. The summed E-state index contributed by atoms with van der Waals surface area (Å²) in [7, 11) is 1.78. The fraction of sp³-hybridized carbons (Fsp3) is 0.391. The number of aryl methyl sites for hydroxylation is 1. The van der Waals surface area contributed by atoms with Gasteiger partial charge in [-0.3, -0.25) is 9.78 Å². The Morgan fingerprint density at radius 3 is 2.65 bits per heavy atom. The van der Waals surface area contributed by atoms with E-state index >= 15 is 0 Å². The summed E-state index contributed by atoms with van der Waals surface area (Å²) >= 11 is 0. The van der Waals surface area contributed by atoms with Crippen molar-refractivity contribution in [3.8, 4) is 5.75 Å². The molecule has 8 nitrogen and oxygen atoms in total. The minimum Gasteiger partial charge on any atom is -0.406 e. The second-order valence-corrected chi connectivity index (χ2v) is 8.77. The van der Waals surface area contributed by atoms with Crippen molar-refractivity contribution in [1.82, 2.24) is 24.4 Å². The van der Waals surface area contributed by atoms with Crippen molar-refractivity contribution >= 4 is 11.7 Å². The Morgan fingerprint density at radius 2 is 2.00 bits per heavy atom. The first kappa shape index (κ1) is 22.2. The number of hydrogen-bond donors (Lipinski definition) is 0. The van der Waals surface area contributed by atoms with Gasteiger partial charge < -0.3 is 19.1 Å². The zero-order valence-electron chi connectivity index (χ0n) is 18.4. The van der Waals surface area contributed by atoms with Crippen molar-refractivity contribution in [2.45, 2.75) is 12.9 Å². The fourth-order valence-electron chi connectivity index (χ4n) is 4.78. The minimum atomic E-state index is -4.78. The molecule has 2 aromatic heterocycles. The summed E-state index contributed by atoms with van der Waals surface area (Å²) < 4.78 is 43.7. The standard InChI is InChI=1S/C23H23F3N6O2/c1-30-13-20(29-14-30)22(33)32(9-15-3-2-4-16(7-15)34-23(24,25)26)12-19-17-10-31(11-18(17)19)21-8-27-5-6-28-21/h2-8,13-14,17-19H,9-12H2,1H3. The number of carbonyl (C=O) groups excluding carboxylic acids is 1. The molecule has 0 bridgehead atoms. The molecule has 1 aliphatic carbocycles. The first-order valence-electron chi connectivity index (χ1n) is 10.9. The lowest BCUT2D eigenvalue weighted by Crippen LogP contribution is -2.35. The highest BCUT2D eigenvalue weighted by molar-refractivity contribution is 5.92. The van der Waals surface area contributed by atoms with Gasteiger partial charge in [-0.25, -0.2) is 9.97 Å². The Balaban J connectivity index is 1.30. The maximum absolute atomic E-state index is 13.3. The predicted molar refractivity (Wildman–Crippen MR) is 116 cm³/mol. The molecule has 5 rings (SSSR count). The average Bonchev–Trinajstić information content (AvgIpc) is 3.13. The summed E-state index contributed by atoms with van der Waals surface area (Å²) in [6.07, 6.45) is 3.46. The molecule has 178 valence electrons. The van der Waals surface area contributed by atoms with E-state index in [1.54, 1.807) is 53.7 Å². The third-order valence-electron chi connectivity index (χ3n) is 6.39. The van der Waals surface area contributed by atoms with Crippen LogP contribution in [0.1, 0.15) is 16.1 Å². The van der Waals surface area contributed by atoms with Crippen molar-refractivity contribution in [1.29, 1.82) is 0 Å². The van der Waals surface area contributed by atoms with Gasteiger partial charge in [-0.05, 0) is 35.4 Å². The minimum absolute atomic E-state index is 0.161. The number of imidazole rings is 1. The van der Waals surface area contributed by atoms with E-state index in [1.165, 1.54) is 18.2 Å². The van der Waals surface area contributed by atoms with Crippen LogP contribution in [0.25, 0.3) is 0 Å². The lowest BCUT2D eigenvalue weighted by atomic mass is 10.1. The highest BCUT2D eigenvalue weighted by Crippen LogP contribution is 2.52. The van der Waals surface area contributed by atoms with Gasteiger partial charge in [0.05, 0.1) is 12.5 Å². The maximum atomic E-state index is 13.3. The molecule has 1 aromatic carbocycles. The molecule has 2 aliphatic rings. The smallest absolute Gasteiger partial charge is 0.406 e. The van der Waals surface area contributed by atoms with Crippen molar-refractivity contribution < 1.29 is 22.7 Å². The number of ether oxygens (including phenoxy) is 1. The van der Waals surface area contributed by atoms with Gasteiger partial charge in [-0.1, -0.05) is 12.1 Å². The van der Waals surface area contributed by atoms with E-state index in [0.717, 1.165) is 18.9 Å². The number of carbonyl (C=O) groups is 1. The zero-order valence-corrected chi connectivity index (χ0v) is 18.4. The van der Waals surface area contributed by atoms with Crippen LogP contribution < -0.4 is 9.64 Å². The second-order valence-electron chi connectivity index (χ2n) is 8.77. The van der Waals surface area contributed by atoms with Crippen LogP contribution in [0, 0.1) is 17.8 Å². The van der Waals surface area contributed by atoms with Gasteiger partial charge in [0.25, 0.3) is 5.91 Å². The normalized spacial score (nSPS) is 21.3. The average molecular weight is 472 g/mol. The van der Waals surface area contributed by atoms with Crippen LogP contribution >= 0.6 is 0 Å². The summed E-state index contributed by atoms with van der Waals surface area (Å²) in [4.78, 5) is 29.8.